The molecule has 1 aliphatic rings. The van der Waals surface area contributed by atoms with Crippen LogP contribution >= 0.6 is 0 Å². The lowest BCUT2D eigenvalue weighted by atomic mass is 10.2. The molecule has 2 N–H and O–H groups in total. The Labute approximate surface area is 130 Å². The van der Waals surface area contributed by atoms with Gasteiger partial charge in [-0.25, -0.2) is 18.4 Å². The molecule has 0 radical (unpaired) electrons. The van der Waals surface area contributed by atoms with Gasteiger partial charge in [0.1, 0.15) is 17.3 Å². The molecule has 1 aromatic heterocycles. The summed E-state index contributed by atoms with van der Waals surface area (Å²) in [5, 5.41) is 5.94. The minimum atomic E-state index is -2.96. The summed E-state index contributed by atoms with van der Waals surface area (Å²) in [6.45, 7) is 5.62. The van der Waals surface area contributed by atoms with Crippen LogP contribution in [0.5, 0.6) is 0 Å². The van der Waals surface area contributed by atoms with Crippen LogP contribution in [0, 0.1) is 6.92 Å². The van der Waals surface area contributed by atoms with E-state index in [1.54, 1.807) is 13.0 Å². The van der Waals surface area contributed by atoms with Crippen molar-refractivity contribution in [3.05, 3.63) is 17.6 Å². The van der Waals surface area contributed by atoms with Crippen molar-refractivity contribution in [2.24, 2.45) is 0 Å². The van der Waals surface area contributed by atoms with E-state index in [1.165, 1.54) is 0 Å². The first-order valence-corrected chi connectivity index (χ1v) is 9.24. The zero-order valence-electron chi connectivity index (χ0n) is 13.1. The number of nitrogens with zero attached hydrogens (tertiary/aromatic N) is 2. The Balaban J connectivity index is 2.11. The molecule has 0 aliphatic carbocycles. The lowest BCUT2D eigenvalue weighted by molar-refractivity contribution is 0.0934. The fraction of sp³-hybridized carbons (Fsp3) is 0.643. The van der Waals surface area contributed by atoms with Crippen molar-refractivity contribution in [1.82, 2.24) is 15.3 Å². The van der Waals surface area contributed by atoms with Crippen LogP contribution in [-0.2, 0) is 9.84 Å². The number of aryl methyl sites for hydroxylation is 1. The van der Waals surface area contributed by atoms with Gasteiger partial charge in [-0.3, -0.25) is 4.79 Å². The van der Waals surface area contributed by atoms with E-state index in [9.17, 15) is 13.2 Å². The third kappa shape index (κ3) is 4.40. The molecule has 0 saturated carbocycles. The highest BCUT2D eigenvalue weighted by molar-refractivity contribution is 7.91. The van der Waals surface area contributed by atoms with E-state index in [1.807, 2.05) is 13.8 Å². The summed E-state index contributed by atoms with van der Waals surface area (Å²) in [5.74, 6) is 1.01. The van der Waals surface area contributed by atoms with E-state index in [0.29, 0.717) is 18.1 Å². The number of aromatic nitrogens is 2. The maximum Gasteiger partial charge on any atom is 0.270 e. The van der Waals surface area contributed by atoms with E-state index in [-0.39, 0.29) is 35.2 Å². The average Bonchev–Trinajstić information content (AvgIpc) is 2.76. The number of amides is 1. The summed E-state index contributed by atoms with van der Waals surface area (Å²) in [6.07, 6.45) is 1.39. The van der Waals surface area contributed by atoms with Gasteiger partial charge in [0.05, 0.1) is 11.5 Å². The van der Waals surface area contributed by atoms with Crippen LogP contribution < -0.4 is 10.6 Å². The summed E-state index contributed by atoms with van der Waals surface area (Å²) in [5.41, 5.74) is 0.288. The first-order valence-electron chi connectivity index (χ1n) is 7.42. The molecule has 0 aromatic carbocycles. The van der Waals surface area contributed by atoms with Crippen LogP contribution in [0.25, 0.3) is 0 Å². The SMILES string of the molecule is CCC(C)NC(=O)c1cc(NC2CCS(=O)(=O)C2)nc(C)n1. The Morgan fingerprint density at radius 2 is 2.18 bits per heavy atom. The van der Waals surface area contributed by atoms with Gasteiger partial charge in [0.2, 0.25) is 0 Å². The lowest BCUT2D eigenvalue weighted by Gasteiger charge is -2.14. The number of hydrogen-bond acceptors (Lipinski definition) is 6. The monoisotopic (exact) mass is 326 g/mol. The van der Waals surface area contributed by atoms with Crippen LogP contribution in [0.15, 0.2) is 6.07 Å². The Morgan fingerprint density at radius 3 is 2.77 bits per heavy atom. The maximum atomic E-state index is 12.1. The van der Waals surface area contributed by atoms with Crippen molar-refractivity contribution in [2.75, 3.05) is 16.8 Å². The third-order valence-electron chi connectivity index (χ3n) is 3.64. The van der Waals surface area contributed by atoms with Gasteiger partial charge in [-0.2, -0.15) is 0 Å². The number of rotatable bonds is 5. The van der Waals surface area contributed by atoms with Crippen molar-refractivity contribution in [3.63, 3.8) is 0 Å². The zero-order valence-corrected chi connectivity index (χ0v) is 13.9. The largest absolute Gasteiger partial charge is 0.366 e. The number of anilines is 1. The fourth-order valence-corrected chi connectivity index (χ4v) is 3.95. The standard InChI is InChI=1S/C14H22N4O3S/c1-4-9(2)15-14(19)12-7-13(17-10(3)16-12)18-11-5-6-22(20,21)8-11/h7,9,11H,4-6,8H2,1-3H3,(H,15,19)(H,16,17,18). The van der Waals surface area contributed by atoms with E-state index >= 15 is 0 Å². The van der Waals surface area contributed by atoms with Gasteiger partial charge in [0, 0.05) is 18.2 Å². The zero-order chi connectivity index (χ0) is 16.3. The van der Waals surface area contributed by atoms with E-state index < -0.39 is 9.84 Å². The lowest BCUT2D eigenvalue weighted by Crippen LogP contribution is -2.33. The summed E-state index contributed by atoms with van der Waals surface area (Å²) in [6, 6.07) is 1.47. The fourth-order valence-electron chi connectivity index (χ4n) is 2.28. The molecule has 1 aromatic rings. The Bertz CT molecular complexity index is 660. The second-order valence-corrected chi connectivity index (χ2v) is 7.94. The van der Waals surface area contributed by atoms with Gasteiger partial charge in [-0.05, 0) is 26.7 Å². The minimum Gasteiger partial charge on any atom is -0.366 e. The Hall–Kier alpha value is -1.70. The number of carbonyl (C=O) groups excluding carboxylic acids is 1. The normalized spacial score (nSPS) is 21.3. The molecular formula is C14H22N4O3S. The number of sulfone groups is 1. The van der Waals surface area contributed by atoms with Crippen molar-refractivity contribution < 1.29 is 13.2 Å². The quantitative estimate of drug-likeness (QED) is 0.834. The maximum absolute atomic E-state index is 12.1. The second kappa shape index (κ2) is 6.60. The molecule has 2 atom stereocenters. The third-order valence-corrected chi connectivity index (χ3v) is 5.41. The Morgan fingerprint density at radius 1 is 1.45 bits per heavy atom. The van der Waals surface area contributed by atoms with Crippen LogP contribution in [0.1, 0.15) is 43.0 Å². The molecule has 0 spiro atoms. The molecule has 2 heterocycles. The molecule has 2 unspecified atom stereocenters. The van der Waals surface area contributed by atoms with Crippen molar-refractivity contribution in [3.8, 4) is 0 Å². The van der Waals surface area contributed by atoms with Gasteiger partial charge in [0.25, 0.3) is 5.91 Å². The molecule has 2 rings (SSSR count). The van der Waals surface area contributed by atoms with E-state index in [4.69, 9.17) is 0 Å². The van der Waals surface area contributed by atoms with Crippen LogP contribution in [0.2, 0.25) is 0 Å². The molecule has 22 heavy (non-hydrogen) atoms. The van der Waals surface area contributed by atoms with Gasteiger partial charge in [0.15, 0.2) is 9.84 Å². The molecule has 1 amide bonds. The van der Waals surface area contributed by atoms with E-state index in [2.05, 4.69) is 20.6 Å². The molecular weight excluding hydrogens is 304 g/mol. The van der Waals surface area contributed by atoms with Crippen molar-refractivity contribution >= 4 is 21.6 Å². The van der Waals surface area contributed by atoms with Crippen molar-refractivity contribution in [2.45, 2.75) is 45.7 Å². The number of hydrogen-bond donors (Lipinski definition) is 2. The minimum absolute atomic E-state index is 0.0687. The van der Waals surface area contributed by atoms with Gasteiger partial charge in [-0.1, -0.05) is 6.92 Å². The highest BCUT2D eigenvalue weighted by atomic mass is 32.2. The summed E-state index contributed by atoms with van der Waals surface area (Å²) in [4.78, 5) is 20.5. The van der Waals surface area contributed by atoms with Gasteiger partial charge >= 0.3 is 0 Å². The summed E-state index contributed by atoms with van der Waals surface area (Å²) in [7, 11) is -2.96. The molecule has 0 bridgehead atoms. The van der Waals surface area contributed by atoms with E-state index in [0.717, 1.165) is 6.42 Å². The second-order valence-electron chi connectivity index (χ2n) is 5.71. The number of nitrogens with one attached hydrogen (secondary N) is 2. The van der Waals surface area contributed by atoms with Crippen LogP contribution in [0.3, 0.4) is 0 Å². The average molecular weight is 326 g/mol. The molecule has 8 heteroatoms. The summed E-state index contributed by atoms with van der Waals surface area (Å²) < 4.78 is 23.0. The smallest absolute Gasteiger partial charge is 0.270 e. The van der Waals surface area contributed by atoms with Gasteiger partial charge in [-0.15, -0.1) is 0 Å². The highest BCUT2D eigenvalue weighted by Gasteiger charge is 2.28. The molecule has 1 aliphatic heterocycles. The first kappa shape index (κ1) is 16.7. The number of carbonyl (C=O) groups is 1. The summed E-state index contributed by atoms with van der Waals surface area (Å²) >= 11 is 0. The van der Waals surface area contributed by atoms with Crippen molar-refractivity contribution in [1.29, 1.82) is 0 Å². The van der Waals surface area contributed by atoms with Crippen LogP contribution in [0.4, 0.5) is 5.82 Å². The molecule has 1 fully saturated rings. The molecule has 1 saturated heterocycles. The Kier molecular flexibility index (Phi) is 5.00. The molecule has 7 nitrogen and oxygen atoms in total. The topological polar surface area (TPSA) is 101 Å². The molecule has 122 valence electrons. The predicted octanol–water partition coefficient (Wildman–Crippen LogP) is 0.912. The predicted molar refractivity (Wildman–Crippen MR) is 84.7 cm³/mol. The first-order chi connectivity index (χ1) is 10.3. The van der Waals surface area contributed by atoms with Crippen LogP contribution in [-0.4, -0.2) is 47.9 Å². The van der Waals surface area contributed by atoms with Gasteiger partial charge < -0.3 is 10.6 Å². The highest BCUT2D eigenvalue weighted by Crippen LogP contribution is 2.17.